The van der Waals surface area contributed by atoms with Crippen LogP contribution in [0.5, 0.6) is 0 Å². The van der Waals surface area contributed by atoms with Crippen LogP contribution in [0.1, 0.15) is 10.5 Å². The molecule has 0 fully saturated rings. The second-order valence-corrected chi connectivity index (χ2v) is 7.22. The maximum absolute atomic E-state index is 12.6. The zero-order valence-electron chi connectivity index (χ0n) is 14.9. The minimum atomic E-state index is -0.637. The number of carbonyl (C=O) groups excluding carboxylic acids is 2. The van der Waals surface area contributed by atoms with E-state index in [9.17, 15) is 14.9 Å². The Morgan fingerprint density at radius 1 is 1.18 bits per heavy atom. The standard InChI is InChI=1S/C21H15N3O3S/c1-24-17-8-4-5-9-19(17)28-20(24)14(11-22)18(25)12-27-21(26)16-10-13-6-2-3-7-15(13)23-16/h2-10,23H,12H2,1H3/b20-14-. The third kappa shape index (κ3) is 3.15. The van der Waals surface area contributed by atoms with Gasteiger partial charge in [-0.15, -0.1) is 0 Å². The number of para-hydroxylation sites is 2. The fraction of sp³-hybridized carbons (Fsp3) is 0.0952. The molecule has 0 saturated carbocycles. The lowest BCUT2D eigenvalue weighted by Crippen LogP contribution is -2.20. The Bertz CT molecular complexity index is 1140. The highest BCUT2D eigenvalue weighted by atomic mass is 32.2. The first-order valence-corrected chi connectivity index (χ1v) is 9.33. The zero-order chi connectivity index (χ0) is 19.7. The highest BCUT2D eigenvalue weighted by molar-refractivity contribution is 8.03. The number of aromatic nitrogens is 1. The van der Waals surface area contributed by atoms with Crippen molar-refractivity contribution >= 4 is 40.1 Å². The van der Waals surface area contributed by atoms with Gasteiger partial charge in [-0.2, -0.15) is 5.26 Å². The van der Waals surface area contributed by atoms with Crippen LogP contribution in [0.25, 0.3) is 10.9 Å². The van der Waals surface area contributed by atoms with Crippen molar-refractivity contribution in [3.63, 3.8) is 0 Å². The second-order valence-electron chi connectivity index (χ2n) is 6.19. The SMILES string of the molecule is CN1/C(=C(\C#N)C(=O)COC(=O)c2cc3ccccc3[nH]2)Sc2ccccc21. The zero-order valence-corrected chi connectivity index (χ0v) is 15.7. The highest BCUT2D eigenvalue weighted by Crippen LogP contribution is 2.46. The van der Waals surface area contributed by atoms with Crippen molar-refractivity contribution in [2.75, 3.05) is 18.6 Å². The fourth-order valence-electron chi connectivity index (χ4n) is 3.02. The number of ether oxygens (including phenoxy) is 1. The van der Waals surface area contributed by atoms with Crippen LogP contribution in [0, 0.1) is 11.3 Å². The van der Waals surface area contributed by atoms with Gasteiger partial charge in [0.25, 0.3) is 0 Å². The molecule has 0 unspecified atom stereocenters. The van der Waals surface area contributed by atoms with E-state index in [-0.39, 0.29) is 11.3 Å². The molecule has 6 nitrogen and oxygen atoms in total. The topological polar surface area (TPSA) is 86.2 Å². The summed E-state index contributed by atoms with van der Waals surface area (Å²) in [5.41, 5.74) is 1.98. The Kier molecular flexibility index (Phi) is 4.63. The highest BCUT2D eigenvalue weighted by Gasteiger charge is 2.28. The number of thioether (sulfide) groups is 1. The van der Waals surface area contributed by atoms with E-state index in [0.717, 1.165) is 21.5 Å². The number of aromatic amines is 1. The van der Waals surface area contributed by atoms with Gasteiger partial charge in [-0.3, -0.25) is 4.79 Å². The minimum absolute atomic E-state index is 0.0202. The smallest absolute Gasteiger partial charge is 0.355 e. The molecule has 2 aromatic carbocycles. The molecule has 1 aromatic heterocycles. The number of nitrogens with one attached hydrogen (secondary N) is 1. The molecule has 3 aromatic rings. The molecule has 0 bridgehead atoms. The van der Waals surface area contributed by atoms with Crippen LogP contribution >= 0.6 is 11.8 Å². The number of esters is 1. The number of ketones is 1. The van der Waals surface area contributed by atoms with Crippen LogP contribution in [-0.4, -0.2) is 30.4 Å². The maximum atomic E-state index is 12.6. The van der Waals surface area contributed by atoms with E-state index in [1.54, 1.807) is 18.0 Å². The summed E-state index contributed by atoms with van der Waals surface area (Å²) in [5, 5.41) is 10.9. The van der Waals surface area contributed by atoms with Gasteiger partial charge in [0.05, 0.1) is 5.69 Å². The van der Waals surface area contributed by atoms with Crippen molar-refractivity contribution in [3.05, 3.63) is 70.9 Å². The second kappa shape index (κ2) is 7.25. The number of fused-ring (bicyclic) bond motifs is 2. The Morgan fingerprint density at radius 3 is 2.68 bits per heavy atom. The molecule has 0 spiro atoms. The summed E-state index contributed by atoms with van der Waals surface area (Å²) in [5.74, 6) is -1.17. The van der Waals surface area contributed by atoms with Crippen LogP contribution in [0.4, 0.5) is 5.69 Å². The molecule has 1 N–H and O–H groups in total. The predicted molar refractivity (Wildman–Crippen MR) is 107 cm³/mol. The van der Waals surface area contributed by atoms with Gasteiger partial charge in [-0.1, -0.05) is 42.1 Å². The van der Waals surface area contributed by atoms with Crippen LogP contribution in [-0.2, 0) is 9.53 Å². The number of rotatable bonds is 4. The van der Waals surface area contributed by atoms with Crippen molar-refractivity contribution < 1.29 is 14.3 Å². The van der Waals surface area contributed by atoms with E-state index in [4.69, 9.17) is 4.74 Å². The average molecular weight is 389 g/mol. The number of nitrogens with zero attached hydrogens (tertiary/aromatic N) is 2. The largest absolute Gasteiger partial charge is 0.453 e. The number of hydrogen-bond donors (Lipinski definition) is 1. The molecule has 2 heterocycles. The lowest BCUT2D eigenvalue weighted by atomic mass is 10.2. The van der Waals surface area contributed by atoms with E-state index in [2.05, 4.69) is 4.98 Å². The van der Waals surface area contributed by atoms with Crippen LogP contribution < -0.4 is 4.90 Å². The van der Waals surface area contributed by atoms with E-state index in [1.807, 2.05) is 54.6 Å². The summed E-state index contributed by atoms with van der Waals surface area (Å²) < 4.78 is 5.14. The fourth-order valence-corrected chi connectivity index (χ4v) is 4.18. The van der Waals surface area contributed by atoms with Crippen molar-refractivity contribution in [1.29, 1.82) is 5.26 Å². The summed E-state index contributed by atoms with van der Waals surface area (Å²) >= 11 is 1.35. The summed E-state index contributed by atoms with van der Waals surface area (Å²) in [6.45, 7) is -0.495. The normalized spacial score (nSPS) is 14.5. The number of anilines is 1. The van der Waals surface area contributed by atoms with Crippen molar-refractivity contribution in [2.45, 2.75) is 4.90 Å². The lowest BCUT2D eigenvalue weighted by Gasteiger charge is -2.14. The molecule has 4 rings (SSSR count). The maximum Gasteiger partial charge on any atom is 0.355 e. The average Bonchev–Trinajstić information content (AvgIpc) is 3.29. The molecule has 28 heavy (non-hydrogen) atoms. The van der Waals surface area contributed by atoms with Crippen LogP contribution in [0.3, 0.4) is 0 Å². The van der Waals surface area contributed by atoms with Gasteiger partial charge in [0.2, 0.25) is 5.78 Å². The van der Waals surface area contributed by atoms with Crippen molar-refractivity contribution in [1.82, 2.24) is 4.98 Å². The number of Topliss-reactive ketones (excluding diaryl/α,β-unsaturated/α-hetero) is 1. The molecule has 0 aliphatic carbocycles. The summed E-state index contributed by atoms with van der Waals surface area (Å²) in [6.07, 6.45) is 0. The first-order valence-electron chi connectivity index (χ1n) is 8.51. The number of nitriles is 1. The first kappa shape index (κ1) is 17.9. The Labute approximate surface area is 165 Å². The van der Waals surface area contributed by atoms with Gasteiger partial charge in [0.1, 0.15) is 22.4 Å². The van der Waals surface area contributed by atoms with Crippen LogP contribution in [0.2, 0.25) is 0 Å². The van der Waals surface area contributed by atoms with Gasteiger partial charge < -0.3 is 14.6 Å². The monoisotopic (exact) mass is 389 g/mol. The summed E-state index contributed by atoms with van der Waals surface area (Å²) in [6, 6.07) is 18.7. The van der Waals surface area contributed by atoms with Crippen molar-refractivity contribution in [3.8, 4) is 6.07 Å². The number of benzene rings is 2. The Balaban J connectivity index is 1.50. The van der Waals surface area contributed by atoms with Gasteiger partial charge in [0.15, 0.2) is 6.61 Å². The summed E-state index contributed by atoms with van der Waals surface area (Å²) in [4.78, 5) is 30.6. The van der Waals surface area contributed by atoms with E-state index in [0.29, 0.717) is 5.03 Å². The Morgan fingerprint density at radius 2 is 1.93 bits per heavy atom. The molecule has 0 saturated heterocycles. The number of H-pyrrole nitrogens is 1. The molecule has 0 atom stereocenters. The first-order chi connectivity index (χ1) is 13.6. The molecule has 1 aliphatic heterocycles. The lowest BCUT2D eigenvalue weighted by molar-refractivity contribution is -0.118. The molecule has 1 aliphatic rings. The molecule has 7 heteroatoms. The van der Waals surface area contributed by atoms with Gasteiger partial charge in [-0.05, 0) is 24.3 Å². The third-order valence-corrected chi connectivity index (χ3v) is 5.66. The predicted octanol–water partition coefficient (Wildman–Crippen LogP) is 3.87. The molecule has 0 amide bonds. The quantitative estimate of drug-likeness (QED) is 0.414. The molecular formula is C21H15N3O3S. The molecular weight excluding hydrogens is 374 g/mol. The number of carbonyl (C=O) groups is 2. The van der Waals surface area contributed by atoms with Gasteiger partial charge >= 0.3 is 5.97 Å². The summed E-state index contributed by atoms with van der Waals surface area (Å²) in [7, 11) is 1.80. The van der Waals surface area contributed by atoms with Crippen LogP contribution in [0.15, 0.2) is 70.1 Å². The third-order valence-electron chi connectivity index (χ3n) is 4.43. The van der Waals surface area contributed by atoms with E-state index in [1.165, 1.54) is 11.8 Å². The van der Waals surface area contributed by atoms with E-state index < -0.39 is 18.4 Å². The molecule has 0 radical (unpaired) electrons. The number of hydrogen-bond acceptors (Lipinski definition) is 6. The minimum Gasteiger partial charge on any atom is -0.453 e. The molecule has 138 valence electrons. The van der Waals surface area contributed by atoms with E-state index >= 15 is 0 Å². The van der Waals surface area contributed by atoms with Gasteiger partial charge in [0, 0.05) is 22.8 Å². The van der Waals surface area contributed by atoms with Crippen molar-refractivity contribution in [2.24, 2.45) is 0 Å². The Hall–Kier alpha value is -3.50. The van der Waals surface area contributed by atoms with Gasteiger partial charge in [-0.25, -0.2) is 4.79 Å².